The van der Waals surface area contributed by atoms with E-state index in [1.165, 1.54) is 12.1 Å². The molecule has 0 saturated carbocycles. The van der Waals surface area contributed by atoms with Crippen molar-refractivity contribution in [2.75, 3.05) is 0 Å². The number of nitro groups is 2. The summed E-state index contributed by atoms with van der Waals surface area (Å²) >= 11 is 0. The maximum absolute atomic E-state index is 11.1. The van der Waals surface area contributed by atoms with Crippen LogP contribution in [0.3, 0.4) is 0 Å². The zero-order chi connectivity index (χ0) is 15.6. The Balaban J connectivity index is 2.54. The van der Waals surface area contributed by atoms with Gasteiger partial charge >= 0.3 is 11.4 Å². The van der Waals surface area contributed by atoms with E-state index in [-0.39, 0.29) is 22.9 Å². The van der Waals surface area contributed by atoms with Crippen molar-refractivity contribution in [3.8, 4) is 11.5 Å². The molecule has 0 heterocycles. The van der Waals surface area contributed by atoms with Crippen molar-refractivity contribution in [1.82, 2.24) is 0 Å². The van der Waals surface area contributed by atoms with Crippen molar-refractivity contribution in [2.24, 2.45) is 0 Å². The summed E-state index contributed by atoms with van der Waals surface area (Å²) in [5.74, 6) is -0.0394. The second kappa shape index (κ2) is 5.58. The van der Waals surface area contributed by atoms with Crippen LogP contribution in [-0.4, -0.2) is 9.85 Å². The Labute approximate surface area is 120 Å². The van der Waals surface area contributed by atoms with E-state index >= 15 is 0 Å². The van der Waals surface area contributed by atoms with E-state index in [2.05, 4.69) is 0 Å². The molecule has 0 fully saturated rings. The van der Waals surface area contributed by atoms with Crippen LogP contribution in [0.2, 0.25) is 0 Å². The molecule has 0 bridgehead atoms. The third kappa shape index (κ3) is 2.81. The third-order valence-electron chi connectivity index (χ3n) is 2.99. The van der Waals surface area contributed by atoms with Crippen LogP contribution in [0.25, 0.3) is 0 Å². The minimum Gasteiger partial charge on any atom is -0.443 e. The quantitative estimate of drug-likeness (QED) is 0.627. The molecule has 2 aromatic rings. The monoisotopic (exact) mass is 288 g/mol. The fourth-order valence-electron chi connectivity index (χ4n) is 2.02. The van der Waals surface area contributed by atoms with Gasteiger partial charge in [0.1, 0.15) is 0 Å². The van der Waals surface area contributed by atoms with Gasteiger partial charge in [-0.05, 0) is 26.0 Å². The van der Waals surface area contributed by atoms with E-state index < -0.39 is 9.85 Å². The van der Waals surface area contributed by atoms with Gasteiger partial charge in [0, 0.05) is 11.1 Å². The molecule has 2 rings (SSSR count). The second-order valence-electron chi connectivity index (χ2n) is 4.46. The minimum atomic E-state index is -0.563. The average molecular weight is 288 g/mol. The number of nitrogens with zero attached hydrogens (tertiary/aromatic N) is 2. The molecule has 7 nitrogen and oxygen atoms in total. The maximum atomic E-state index is 11.1. The van der Waals surface area contributed by atoms with Crippen LogP contribution in [0, 0.1) is 34.1 Å². The molecule has 0 aliphatic heterocycles. The second-order valence-corrected chi connectivity index (χ2v) is 4.46. The Kier molecular flexibility index (Phi) is 3.84. The maximum Gasteiger partial charge on any atom is 0.314 e. The summed E-state index contributed by atoms with van der Waals surface area (Å²) in [6.07, 6.45) is 0. The molecule has 0 amide bonds. The largest absolute Gasteiger partial charge is 0.443 e. The predicted molar refractivity (Wildman–Crippen MR) is 75.7 cm³/mol. The summed E-state index contributed by atoms with van der Waals surface area (Å²) in [6, 6.07) is 9.18. The molecule has 0 radical (unpaired) electrons. The molecule has 7 heteroatoms. The zero-order valence-electron chi connectivity index (χ0n) is 11.4. The number of aryl methyl sites for hydroxylation is 2. The van der Waals surface area contributed by atoms with E-state index in [9.17, 15) is 20.2 Å². The Morgan fingerprint density at radius 2 is 1.19 bits per heavy atom. The summed E-state index contributed by atoms with van der Waals surface area (Å²) in [7, 11) is 0. The lowest BCUT2D eigenvalue weighted by Gasteiger charge is -2.09. The van der Waals surface area contributed by atoms with E-state index in [0.29, 0.717) is 11.1 Å². The van der Waals surface area contributed by atoms with Crippen LogP contribution >= 0.6 is 0 Å². The lowest BCUT2D eigenvalue weighted by Crippen LogP contribution is -1.99. The first-order chi connectivity index (χ1) is 9.91. The molecule has 2 aromatic carbocycles. The molecule has 21 heavy (non-hydrogen) atoms. The Morgan fingerprint density at radius 1 is 0.810 bits per heavy atom. The van der Waals surface area contributed by atoms with Crippen molar-refractivity contribution in [1.29, 1.82) is 0 Å². The smallest absolute Gasteiger partial charge is 0.314 e. The molecule has 108 valence electrons. The number of benzene rings is 2. The third-order valence-corrected chi connectivity index (χ3v) is 2.99. The van der Waals surface area contributed by atoms with E-state index in [0.717, 1.165) is 0 Å². The summed E-state index contributed by atoms with van der Waals surface area (Å²) in [5.41, 5.74) is 0.447. The van der Waals surface area contributed by atoms with Gasteiger partial charge in [0.2, 0.25) is 11.5 Å². The van der Waals surface area contributed by atoms with Gasteiger partial charge in [-0.3, -0.25) is 20.2 Å². The summed E-state index contributed by atoms with van der Waals surface area (Å²) in [6.45, 7) is 3.16. The van der Waals surface area contributed by atoms with E-state index in [4.69, 9.17) is 4.74 Å². The number of rotatable bonds is 4. The molecule has 0 aromatic heterocycles. The van der Waals surface area contributed by atoms with Crippen LogP contribution in [0.5, 0.6) is 11.5 Å². The highest BCUT2D eigenvalue weighted by molar-refractivity contribution is 5.58. The number of nitro benzene ring substituents is 2. The molecule has 0 atom stereocenters. The van der Waals surface area contributed by atoms with Crippen molar-refractivity contribution >= 4 is 11.4 Å². The van der Waals surface area contributed by atoms with Crippen molar-refractivity contribution in [3.63, 3.8) is 0 Å². The average Bonchev–Trinajstić information content (AvgIpc) is 2.37. The summed E-state index contributed by atoms with van der Waals surface area (Å²) in [4.78, 5) is 21.1. The van der Waals surface area contributed by atoms with Gasteiger partial charge in [-0.15, -0.1) is 0 Å². The lowest BCUT2D eigenvalue weighted by molar-refractivity contribution is -0.388. The van der Waals surface area contributed by atoms with Gasteiger partial charge in [0.15, 0.2) is 0 Å². The van der Waals surface area contributed by atoms with E-state index in [1.807, 2.05) is 0 Å². The SMILES string of the molecule is Cc1cccc(Oc2cccc(C)c2[N+](=O)[O-])c1[N+](=O)[O-]. The van der Waals surface area contributed by atoms with E-state index in [1.54, 1.807) is 38.1 Å². The van der Waals surface area contributed by atoms with Gasteiger partial charge in [-0.25, -0.2) is 0 Å². The molecule has 0 unspecified atom stereocenters. The number of hydrogen-bond donors (Lipinski definition) is 0. The van der Waals surface area contributed by atoms with Gasteiger partial charge in [-0.1, -0.05) is 24.3 Å². The first-order valence-electron chi connectivity index (χ1n) is 6.07. The first-order valence-corrected chi connectivity index (χ1v) is 6.07. The molecule has 0 N–H and O–H groups in total. The van der Waals surface area contributed by atoms with Crippen LogP contribution in [-0.2, 0) is 0 Å². The molecule has 0 saturated heterocycles. The Morgan fingerprint density at radius 3 is 1.52 bits per heavy atom. The van der Waals surface area contributed by atoms with Gasteiger partial charge in [-0.2, -0.15) is 0 Å². The van der Waals surface area contributed by atoms with Crippen molar-refractivity contribution in [3.05, 3.63) is 67.8 Å². The molecular formula is C14H12N2O5. The number of hydrogen-bond acceptors (Lipinski definition) is 5. The highest BCUT2D eigenvalue weighted by atomic mass is 16.6. The van der Waals surface area contributed by atoms with Crippen LogP contribution in [0.4, 0.5) is 11.4 Å². The summed E-state index contributed by atoms with van der Waals surface area (Å²) < 4.78 is 5.44. The predicted octanol–water partition coefficient (Wildman–Crippen LogP) is 3.91. The number of para-hydroxylation sites is 2. The van der Waals surface area contributed by atoms with Crippen molar-refractivity contribution < 1.29 is 14.6 Å². The van der Waals surface area contributed by atoms with Crippen molar-refractivity contribution in [2.45, 2.75) is 13.8 Å². The van der Waals surface area contributed by atoms with Gasteiger partial charge < -0.3 is 4.74 Å². The molecular weight excluding hydrogens is 276 g/mol. The molecule has 0 spiro atoms. The Hall–Kier alpha value is -2.96. The van der Waals surface area contributed by atoms with Crippen LogP contribution < -0.4 is 4.74 Å². The lowest BCUT2D eigenvalue weighted by atomic mass is 10.1. The molecule has 0 aliphatic rings. The van der Waals surface area contributed by atoms with Gasteiger partial charge in [0.05, 0.1) is 9.85 Å². The number of ether oxygens (including phenoxy) is 1. The van der Waals surface area contributed by atoms with Crippen LogP contribution in [0.15, 0.2) is 36.4 Å². The fraction of sp³-hybridized carbons (Fsp3) is 0.143. The normalized spacial score (nSPS) is 10.2. The van der Waals surface area contributed by atoms with Gasteiger partial charge in [0.25, 0.3) is 0 Å². The highest BCUT2D eigenvalue weighted by Crippen LogP contribution is 2.38. The fourth-order valence-corrected chi connectivity index (χ4v) is 2.02. The Bertz CT molecular complexity index is 666. The topological polar surface area (TPSA) is 95.5 Å². The minimum absolute atomic E-state index is 0.0197. The zero-order valence-corrected chi connectivity index (χ0v) is 11.4. The standard InChI is InChI=1S/C14H12N2O5/c1-9-5-3-7-11(13(9)15(17)18)21-12-8-4-6-10(2)14(12)16(19)20/h3-8H,1-2H3. The molecule has 0 aliphatic carbocycles. The summed E-state index contributed by atoms with van der Waals surface area (Å²) in [5, 5.41) is 22.2. The first kappa shape index (κ1) is 14.4. The highest BCUT2D eigenvalue weighted by Gasteiger charge is 2.23. The van der Waals surface area contributed by atoms with Crippen LogP contribution in [0.1, 0.15) is 11.1 Å².